The summed E-state index contributed by atoms with van der Waals surface area (Å²) in [6, 6.07) is 3.79. The van der Waals surface area contributed by atoms with Crippen molar-refractivity contribution in [2.75, 3.05) is 0 Å². The molecule has 2 aliphatic rings. The lowest BCUT2D eigenvalue weighted by Gasteiger charge is -2.27. The Bertz CT molecular complexity index is 1150. The zero-order chi connectivity index (χ0) is 22.9. The Morgan fingerprint density at radius 2 is 2.06 bits per heavy atom. The van der Waals surface area contributed by atoms with Gasteiger partial charge in [-0.3, -0.25) is 4.79 Å². The van der Waals surface area contributed by atoms with E-state index in [1.807, 2.05) is 26.1 Å². The van der Waals surface area contributed by atoms with E-state index < -0.39 is 5.97 Å². The lowest BCUT2D eigenvalue weighted by Crippen LogP contribution is -2.29. The second-order valence-electron chi connectivity index (χ2n) is 9.25. The van der Waals surface area contributed by atoms with Crippen molar-refractivity contribution in [3.8, 4) is 17.1 Å². The van der Waals surface area contributed by atoms with E-state index in [2.05, 4.69) is 25.1 Å². The van der Waals surface area contributed by atoms with Crippen LogP contribution in [-0.4, -0.2) is 51.9 Å². The van der Waals surface area contributed by atoms with E-state index in [-0.39, 0.29) is 12.0 Å². The third-order valence-electron chi connectivity index (χ3n) is 6.68. The first-order valence-electron chi connectivity index (χ1n) is 11.6. The average molecular weight is 452 g/mol. The maximum atomic E-state index is 11.4. The molecule has 0 aliphatic heterocycles. The molecule has 3 aromatic heterocycles. The highest BCUT2D eigenvalue weighted by Gasteiger charge is 2.29. The van der Waals surface area contributed by atoms with Crippen LogP contribution >= 0.6 is 0 Å². The summed E-state index contributed by atoms with van der Waals surface area (Å²) in [5.74, 6) is 1.33. The molecule has 0 spiro atoms. The van der Waals surface area contributed by atoms with Crippen molar-refractivity contribution in [3.05, 3.63) is 35.7 Å². The largest absolute Gasteiger partial charge is 0.489 e. The Kier molecular flexibility index (Phi) is 5.82. The molecule has 2 aliphatic carbocycles. The van der Waals surface area contributed by atoms with Crippen LogP contribution < -0.4 is 4.74 Å². The maximum absolute atomic E-state index is 11.4. The molecule has 0 radical (unpaired) electrons. The molecule has 5 rings (SSSR count). The third-order valence-corrected chi connectivity index (χ3v) is 6.68. The fourth-order valence-corrected chi connectivity index (χ4v) is 4.52. The fourth-order valence-electron chi connectivity index (χ4n) is 4.52. The summed E-state index contributed by atoms with van der Waals surface area (Å²) < 4.78 is 9.98. The van der Waals surface area contributed by atoms with Gasteiger partial charge in [0.05, 0.1) is 35.6 Å². The van der Waals surface area contributed by atoms with Crippen LogP contribution in [0, 0.1) is 18.8 Å². The molecule has 2 saturated carbocycles. The van der Waals surface area contributed by atoms with E-state index in [1.165, 1.54) is 12.8 Å². The van der Waals surface area contributed by atoms with E-state index >= 15 is 0 Å². The van der Waals surface area contributed by atoms with E-state index in [0.29, 0.717) is 18.7 Å². The number of hydrogen-bond acceptors (Lipinski definition) is 7. The zero-order valence-corrected chi connectivity index (χ0v) is 19.0. The molecular formula is C23H29N7O3. The van der Waals surface area contributed by atoms with Crippen molar-refractivity contribution in [1.29, 1.82) is 0 Å². The molecule has 0 saturated heterocycles. The molecule has 1 N–H and O–H groups in total. The number of carboxylic acid groups (broad SMARTS) is 1. The van der Waals surface area contributed by atoms with Gasteiger partial charge in [0.25, 0.3) is 0 Å². The summed E-state index contributed by atoms with van der Waals surface area (Å²) in [5, 5.41) is 26.3. The maximum Gasteiger partial charge on any atom is 0.306 e. The van der Waals surface area contributed by atoms with Crippen molar-refractivity contribution >= 4 is 5.97 Å². The molecule has 3 heterocycles. The smallest absolute Gasteiger partial charge is 0.306 e. The molecular weight excluding hydrogens is 422 g/mol. The Morgan fingerprint density at radius 1 is 1.21 bits per heavy atom. The van der Waals surface area contributed by atoms with Crippen molar-refractivity contribution < 1.29 is 14.6 Å². The molecule has 0 bridgehead atoms. The highest BCUT2D eigenvalue weighted by atomic mass is 16.5. The molecule has 0 aromatic carbocycles. The van der Waals surface area contributed by atoms with E-state index in [1.54, 1.807) is 11.0 Å². The second-order valence-corrected chi connectivity index (χ2v) is 9.25. The standard InChI is InChI=1S/C23H29N7O3/c1-14-20(33-17-5-3-4-16(11-17)23(31)32)9-8-18(25-14)22-19(29(2)28-27-22)12-30-13-24-26-21(30)10-15-6-7-15/h8-9,13,15-17H,3-7,10-12H2,1-2H3,(H,31,32)/t16-,17-/m0/s1. The van der Waals surface area contributed by atoms with Crippen LogP contribution in [0.4, 0.5) is 0 Å². The van der Waals surface area contributed by atoms with Crippen LogP contribution in [0.1, 0.15) is 55.7 Å². The minimum absolute atomic E-state index is 0.100. The SMILES string of the molecule is Cc1nc(-c2nnn(C)c2Cn2cnnc2CC2CC2)ccc1O[C@H]1CCC[C@H](C(=O)O)C1. The van der Waals surface area contributed by atoms with Crippen LogP contribution in [0.3, 0.4) is 0 Å². The van der Waals surface area contributed by atoms with Gasteiger partial charge in [0.15, 0.2) is 0 Å². The second kappa shape index (κ2) is 8.92. The van der Waals surface area contributed by atoms with Gasteiger partial charge in [-0.1, -0.05) is 5.21 Å². The molecule has 0 amide bonds. The number of aryl methyl sites for hydroxylation is 2. The van der Waals surface area contributed by atoms with Crippen LogP contribution in [0.15, 0.2) is 18.5 Å². The summed E-state index contributed by atoms with van der Waals surface area (Å²) in [6.45, 7) is 2.48. The fraction of sp³-hybridized carbons (Fsp3) is 0.565. The molecule has 2 fully saturated rings. The average Bonchev–Trinajstić information content (AvgIpc) is 3.40. The van der Waals surface area contributed by atoms with E-state index in [0.717, 1.165) is 60.2 Å². The molecule has 3 aromatic rings. The van der Waals surface area contributed by atoms with Crippen molar-refractivity contribution in [3.63, 3.8) is 0 Å². The topological polar surface area (TPSA) is 121 Å². The molecule has 33 heavy (non-hydrogen) atoms. The van der Waals surface area contributed by atoms with Crippen molar-refractivity contribution in [2.24, 2.45) is 18.9 Å². The quantitative estimate of drug-likeness (QED) is 0.555. The Hall–Kier alpha value is -3.30. The van der Waals surface area contributed by atoms with Crippen LogP contribution in [-0.2, 0) is 24.8 Å². The first-order valence-corrected chi connectivity index (χ1v) is 11.6. The lowest BCUT2D eigenvalue weighted by molar-refractivity contribution is -0.143. The van der Waals surface area contributed by atoms with Crippen molar-refractivity contribution in [1.82, 2.24) is 34.7 Å². The number of aliphatic carboxylic acids is 1. The Balaban J connectivity index is 1.34. The predicted octanol–water partition coefficient (Wildman–Crippen LogP) is 2.80. The monoisotopic (exact) mass is 451 g/mol. The van der Waals surface area contributed by atoms with E-state index in [4.69, 9.17) is 9.72 Å². The number of rotatable bonds is 8. The Morgan fingerprint density at radius 3 is 2.82 bits per heavy atom. The molecule has 0 unspecified atom stereocenters. The first-order chi connectivity index (χ1) is 16.0. The summed E-state index contributed by atoms with van der Waals surface area (Å²) in [6.07, 6.45) is 8.12. The summed E-state index contributed by atoms with van der Waals surface area (Å²) >= 11 is 0. The number of nitrogens with zero attached hydrogens (tertiary/aromatic N) is 7. The first kappa shape index (κ1) is 21.5. The number of hydrogen-bond donors (Lipinski definition) is 1. The number of pyridine rings is 1. The predicted molar refractivity (Wildman–Crippen MR) is 119 cm³/mol. The normalized spacial score (nSPS) is 20.7. The highest BCUT2D eigenvalue weighted by Crippen LogP contribution is 2.33. The number of aromatic nitrogens is 7. The third kappa shape index (κ3) is 4.74. The minimum Gasteiger partial charge on any atom is -0.489 e. The van der Waals surface area contributed by atoms with Gasteiger partial charge < -0.3 is 14.4 Å². The van der Waals surface area contributed by atoms with Crippen molar-refractivity contribution in [2.45, 2.75) is 64.5 Å². The Labute approximate surface area is 192 Å². The van der Waals surface area contributed by atoms with Gasteiger partial charge >= 0.3 is 5.97 Å². The van der Waals surface area contributed by atoms with Gasteiger partial charge in [0.1, 0.15) is 23.6 Å². The van der Waals surface area contributed by atoms with Gasteiger partial charge in [-0.05, 0) is 63.5 Å². The van der Waals surface area contributed by atoms with Crippen LogP contribution in [0.25, 0.3) is 11.4 Å². The van der Waals surface area contributed by atoms with Gasteiger partial charge in [-0.15, -0.1) is 15.3 Å². The molecule has 174 valence electrons. The van der Waals surface area contributed by atoms with Gasteiger partial charge in [-0.25, -0.2) is 9.67 Å². The van der Waals surface area contributed by atoms with Gasteiger partial charge in [0, 0.05) is 13.5 Å². The summed E-state index contributed by atoms with van der Waals surface area (Å²) in [4.78, 5) is 16.1. The summed E-state index contributed by atoms with van der Waals surface area (Å²) in [5.41, 5.74) is 3.14. The van der Waals surface area contributed by atoms with Gasteiger partial charge in [-0.2, -0.15) is 0 Å². The highest BCUT2D eigenvalue weighted by molar-refractivity contribution is 5.70. The van der Waals surface area contributed by atoms with Crippen LogP contribution in [0.5, 0.6) is 5.75 Å². The van der Waals surface area contributed by atoms with Gasteiger partial charge in [0.2, 0.25) is 0 Å². The number of ether oxygens (including phenoxy) is 1. The van der Waals surface area contributed by atoms with Crippen LogP contribution in [0.2, 0.25) is 0 Å². The molecule has 2 atom stereocenters. The molecule has 10 nitrogen and oxygen atoms in total. The molecule has 10 heteroatoms. The minimum atomic E-state index is -0.739. The number of carboxylic acids is 1. The number of carbonyl (C=O) groups is 1. The lowest BCUT2D eigenvalue weighted by atomic mass is 9.87. The van der Waals surface area contributed by atoms with E-state index in [9.17, 15) is 9.90 Å². The summed E-state index contributed by atoms with van der Waals surface area (Å²) in [7, 11) is 1.88. The zero-order valence-electron chi connectivity index (χ0n) is 19.0.